The molecule has 0 aliphatic carbocycles. The molecule has 0 saturated heterocycles. The van der Waals surface area contributed by atoms with E-state index in [1.165, 1.54) is 12.4 Å². The fourth-order valence-electron chi connectivity index (χ4n) is 1.55. The Morgan fingerprint density at radius 1 is 1.45 bits per heavy atom. The van der Waals surface area contributed by atoms with Crippen LogP contribution in [-0.2, 0) is 0 Å². The number of pyridine rings is 1. The van der Waals surface area contributed by atoms with Gasteiger partial charge in [-0.05, 0) is 6.42 Å². The van der Waals surface area contributed by atoms with Gasteiger partial charge in [-0.15, -0.1) is 0 Å². The topological polar surface area (TPSA) is 85.8 Å². The van der Waals surface area contributed by atoms with Crippen molar-refractivity contribution in [3.8, 4) is 5.82 Å². The van der Waals surface area contributed by atoms with Crippen LogP contribution in [0.15, 0.2) is 18.5 Å². The molecular weight excluding hydrogens is 268 g/mol. The first kappa shape index (κ1) is 13.9. The van der Waals surface area contributed by atoms with Gasteiger partial charge in [-0.25, -0.2) is 18.4 Å². The van der Waals surface area contributed by atoms with Crippen molar-refractivity contribution in [1.82, 2.24) is 14.8 Å². The Kier molecular flexibility index (Phi) is 3.92. The lowest BCUT2D eigenvalue weighted by Gasteiger charge is -2.08. The highest BCUT2D eigenvalue weighted by Crippen LogP contribution is 2.18. The highest BCUT2D eigenvalue weighted by atomic mass is 19.1. The van der Waals surface area contributed by atoms with Crippen LogP contribution < -0.4 is 11.1 Å². The summed E-state index contributed by atoms with van der Waals surface area (Å²) in [6, 6.07) is 0.714. The summed E-state index contributed by atoms with van der Waals surface area (Å²) in [5.41, 5.74) is 5.19. The Hall–Kier alpha value is -2.51. The van der Waals surface area contributed by atoms with Crippen molar-refractivity contribution >= 4 is 11.7 Å². The SMILES string of the molecule is CCCNc1nc(-n2cc(C(N)=O)cn2)c(F)cc1F. The zero-order chi connectivity index (χ0) is 14.7. The van der Waals surface area contributed by atoms with Crippen LogP contribution in [0, 0.1) is 11.6 Å². The van der Waals surface area contributed by atoms with E-state index in [1.807, 2.05) is 6.92 Å². The van der Waals surface area contributed by atoms with Gasteiger partial charge in [0.1, 0.15) is 0 Å². The number of hydrogen-bond acceptors (Lipinski definition) is 4. The Labute approximate surface area is 113 Å². The van der Waals surface area contributed by atoms with Crippen molar-refractivity contribution in [3.05, 3.63) is 35.7 Å². The van der Waals surface area contributed by atoms with Crippen molar-refractivity contribution in [3.63, 3.8) is 0 Å². The average Bonchev–Trinajstić information content (AvgIpc) is 2.87. The zero-order valence-electron chi connectivity index (χ0n) is 10.7. The second kappa shape index (κ2) is 5.64. The number of anilines is 1. The van der Waals surface area contributed by atoms with Gasteiger partial charge in [-0.1, -0.05) is 6.92 Å². The van der Waals surface area contributed by atoms with Gasteiger partial charge in [0.05, 0.1) is 11.8 Å². The predicted octanol–water partition coefficient (Wildman–Crippen LogP) is 1.47. The van der Waals surface area contributed by atoms with E-state index in [2.05, 4.69) is 15.4 Å². The predicted molar refractivity (Wildman–Crippen MR) is 68.6 cm³/mol. The number of primary amides is 1. The molecule has 0 bridgehead atoms. The molecule has 0 aliphatic rings. The Balaban J connectivity index is 2.41. The molecule has 0 aliphatic heterocycles. The Morgan fingerprint density at radius 3 is 2.80 bits per heavy atom. The molecule has 6 nitrogen and oxygen atoms in total. The quantitative estimate of drug-likeness (QED) is 0.869. The fraction of sp³-hybridized carbons (Fsp3) is 0.250. The summed E-state index contributed by atoms with van der Waals surface area (Å²) < 4.78 is 28.3. The van der Waals surface area contributed by atoms with E-state index in [0.29, 0.717) is 12.6 Å². The maximum absolute atomic E-state index is 13.7. The molecule has 0 atom stereocenters. The number of amides is 1. The molecule has 0 spiro atoms. The molecule has 0 saturated carbocycles. The number of aromatic nitrogens is 3. The van der Waals surface area contributed by atoms with Crippen molar-refractivity contribution in [2.75, 3.05) is 11.9 Å². The molecule has 8 heteroatoms. The highest BCUT2D eigenvalue weighted by molar-refractivity contribution is 5.92. The molecule has 2 rings (SSSR count). The van der Waals surface area contributed by atoms with Crippen LogP contribution in [0.25, 0.3) is 5.82 Å². The molecule has 20 heavy (non-hydrogen) atoms. The fourth-order valence-corrected chi connectivity index (χ4v) is 1.55. The minimum absolute atomic E-state index is 0.0700. The van der Waals surface area contributed by atoms with Gasteiger partial charge in [0.2, 0.25) is 0 Å². The largest absolute Gasteiger partial charge is 0.368 e. The van der Waals surface area contributed by atoms with E-state index in [-0.39, 0.29) is 17.2 Å². The van der Waals surface area contributed by atoms with E-state index in [9.17, 15) is 13.6 Å². The van der Waals surface area contributed by atoms with E-state index in [4.69, 9.17) is 5.73 Å². The van der Waals surface area contributed by atoms with Crippen molar-refractivity contribution < 1.29 is 13.6 Å². The molecule has 0 aromatic carbocycles. The number of hydrogen-bond donors (Lipinski definition) is 2. The number of nitrogens with one attached hydrogen (secondary N) is 1. The normalized spacial score (nSPS) is 10.6. The highest BCUT2D eigenvalue weighted by Gasteiger charge is 2.15. The Bertz CT molecular complexity index is 641. The summed E-state index contributed by atoms with van der Waals surface area (Å²) in [6.45, 7) is 2.41. The molecule has 0 radical (unpaired) electrons. The third-order valence-electron chi connectivity index (χ3n) is 2.54. The maximum Gasteiger partial charge on any atom is 0.251 e. The molecule has 1 amide bonds. The third-order valence-corrected chi connectivity index (χ3v) is 2.54. The number of rotatable bonds is 5. The van der Waals surface area contributed by atoms with Gasteiger partial charge in [0.15, 0.2) is 23.3 Å². The number of carbonyl (C=O) groups excluding carboxylic acids is 1. The summed E-state index contributed by atoms with van der Waals surface area (Å²) in [5.74, 6) is -2.65. The molecule has 2 heterocycles. The summed E-state index contributed by atoms with van der Waals surface area (Å²) >= 11 is 0. The molecule has 106 valence electrons. The summed E-state index contributed by atoms with van der Waals surface area (Å²) in [6.07, 6.45) is 3.18. The van der Waals surface area contributed by atoms with E-state index >= 15 is 0 Å². The van der Waals surface area contributed by atoms with Crippen LogP contribution in [-0.4, -0.2) is 27.2 Å². The van der Waals surface area contributed by atoms with Crippen LogP contribution in [0.2, 0.25) is 0 Å². The summed E-state index contributed by atoms with van der Waals surface area (Å²) in [5, 5.41) is 6.53. The first-order chi connectivity index (χ1) is 9.52. The summed E-state index contributed by atoms with van der Waals surface area (Å²) in [7, 11) is 0. The molecular formula is C12H13F2N5O. The van der Waals surface area contributed by atoms with E-state index in [0.717, 1.165) is 11.1 Å². The number of nitrogens with two attached hydrogens (primary N) is 1. The first-order valence-electron chi connectivity index (χ1n) is 5.97. The van der Waals surface area contributed by atoms with Crippen molar-refractivity contribution in [2.24, 2.45) is 5.73 Å². The van der Waals surface area contributed by atoms with Gasteiger partial charge in [-0.3, -0.25) is 4.79 Å². The number of carbonyl (C=O) groups is 1. The Morgan fingerprint density at radius 2 is 2.20 bits per heavy atom. The molecule has 0 unspecified atom stereocenters. The second-order valence-electron chi connectivity index (χ2n) is 4.09. The van der Waals surface area contributed by atoms with Crippen LogP contribution in [0.3, 0.4) is 0 Å². The van der Waals surface area contributed by atoms with Gasteiger partial charge < -0.3 is 11.1 Å². The van der Waals surface area contributed by atoms with Gasteiger partial charge in [-0.2, -0.15) is 5.10 Å². The minimum Gasteiger partial charge on any atom is -0.368 e. The van der Waals surface area contributed by atoms with E-state index in [1.54, 1.807) is 0 Å². The van der Waals surface area contributed by atoms with Crippen LogP contribution in [0.5, 0.6) is 0 Å². The zero-order valence-corrected chi connectivity index (χ0v) is 10.7. The molecule has 2 aromatic heterocycles. The average molecular weight is 281 g/mol. The van der Waals surface area contributed by atoms with Crippen LogP contribution in [0.4, 0.5) is 14.6 Å². The van der Waals surface area contributed by atoms with Gasteiger partial charge >= 0.3 is 0 Å². The molecule has 3 N–H and O–H groups in total. The molecule has 2 aromatic rings. The number of halogens is 2. The van der Waals surface area contributed by atoms with Crippen LogP contribution >= 0.6 is 0 Å². The van der Waals surface area contributed by atoms with Crippen LogP contribution in [0.1, 0.15) is 23.7 Å². The smallest absolute Gasteiger partial charge is 0.251 e. The lowest BCUT2D eigenvalue weighted by atomic mass is 10.3. The maximum atomic E-state index is 13.7. The molecule has 0 fully saturated rings. The lowest BCUT2D eigenvalue weighted by molar-refractivity contribution is 0.100. The summed E-state index contributed by atoms with van der Waals surface area (Å²) in [4.78, 5) is 14.8. The van der Waals surface area contributed by atoms with Crippen molar-refractivity contribution in [2.45, 2.75) is 13.3 Å². The minimum atomic E-state index is -0.885. The van der Waals surface area contributed by atoms with E-state index < -0.39 is 17.5 Å². The first-order valence-corrected chi connectivity index (χ1v) is 5.97. The standard InChI is InChI=1S/C12H13F2N5O/c1-2-3-16-11-8(13)4-9(14)12(18-11)19-6-7(5-17-19)10(15)20/h4-6H,2-3H2,1H3,(H2,15,20)(H,16,18). The van der Waals surface area contributed by atoms with Gasteiger partial charge in [0, 0.05) is 18.8 Å². The number of nitrogens with zero attached hydrogens (tertiary/aromatic N) is 3. The third kappa shape index (κ3) is 2.73. The lowest BCUT2D eigenvalue weighted by Crippen LogP contribution is -2.11. The second-order valence-corrected chi connectivity index (χ2v) is 4.09. The van der Waals surface area contributed by atoms with Crippen molar-refractivity contribution in [1.29, 1.82) is 0 Å². The monoisotopic (exact) mass is 281 g/mol. The van der Waals surface area contributed by atoms with Gasteiger partial charge in [0.25, 0.3) is 5.91 Å².